The Morgan fingerprint density at radius 3 is 1.98 bits per heavy atom. The molecule has 5 saturated heterocycles. The number of benzene rings is 1. The van der Waals surface area contributed by atoms with E-state index in [0.717, 1.165) is 11.6 Å². The molecule has 6 rings (SSSR count). The zero-order valence-electron chi connectivity index (χ0n) is 52.2. The molecule has 0 aliphatic carbocycles. The van der Waals surface area contributed by atoms with Crippen LogP contribution in [0.25, 0.3) is 0 Å². The predicted molar refractivity (Wildman–Crippen MR) is 318 cm³/mol. The third-order valence-corrected chi connectivity index (χ3v) is 16.9. The van der Waals surface area contributed by atoms with Crippen molar-refractivity contribution in [2.75, 3.05) is 41.6 Å². The summed E-state index contributed by atoms with van der Waals surface area (Å²) in [5.74, 6) is -7.19. The summed E-state index contributed by atoms with van der Waals surface area (Å²) in [5, 5.41) is 58.5. The van der Waals surface area contributed by atoms with Gasteiger partial charge in [0.25, 0.3) is 0 Å². The number of ether oxygens (including phenoxy) is 13. The van der Waals surface area contributed by atoms with Crippen LogP contribution in [0.2, 0.25) is 0 Å². The second kappa shape index (κ2) is 33.8. The molecule has 0 saturated carbocycles. The maximum atomic E-state index is 14.9. The molecule has 0 bridgehead atoms. The molecule has 0 spiro atoms. The van der Waals surface area contributed by atoms with Crippen molar-refractivity contribution in [3.05, 3.63) is 120 Å². The number of carboxylic acids is 1. The van der Waals surface area contributed by atoms with E-state index >= 15 is 0 Å². The minimum absolute atomic E-state index is 0.0572. The quantitative estimate of drug-likeness (QED) is 0.0343. The lowest BCUT2D eigenvalue weighted by atomic mass is 9.71. The van der Waals surface area contributed by atoms with Crippen molar-refractivity contribution in [2.45, 2.75) is 210 Å². The number of nitrogens with one attached hydrogen (secondary N) is 1. The summed E-state index contributed by atoms with van der Waals surface area (Å²) in [6.07, 6.45) is 7.66. The van der Waals surface area contributed by atoms with Crippen molar-refractivity contribution in [2.24, 2.45) is 17.3 Å². The number of aliphatic hydroxyl groups is 4. The first kappa shape index (κ1) is 71.2. The minimum Gasteiger partial charge on any atom is -0.478 e. The third-order valence-electron chi connectivity index (χ3n) is 16.9. The number of amides is 1. The van der Waals surface area contributed by atoms with E-state index in [-0.39, 0.29) is 37.8 Å². The molecule has 5 heterocycles. The largest absolute Gasteiger partial charge is 0.478 e. The summed E-state index contributed by atoms with van der Waals surface area (Å²) < 4.78 is 80.6. The molecular formula is C65H95NO21. The van der Waals surface area contributed by atoms with Gasteiger partial charge in [0.05, 0.1) is 74.1 Å². The summed E-state index contributed by atoms with van der Waals surface area (Å²) in [5.41, 5.74) is 0.265. The van der Waals surface area contributed by atoms with Gasteiger partial charge in [-0.25, -0.2) is 4.79 Å². The van der Waals surface area contributed by atoms with Crippen LogP contribution in [-0.4, -0.2) is 207 Å². The lowest BCUT2D eigenvalue weighted by molar-refractivity contribution is -0.368. The van der Waals surface area contributed by atoms with Gasteiger partial charge in [-0.3, -0.25) is 9.59 Å². The zero-order valence-corrected chi connectivity index (χ0v) is 52.2. The number of aliphatic hydroxyl groups excluding tert-OH is 3. The molecular weight excluding hydrogens is 1130 g/mol. The molecule has 5 aliphatic heterocycles. The van der Waals surface area contributed by atoms with Gasteiger partial charge >= 0.3 is 11.9 Å². The summed E-state index contributed by atoms with van der Waals surface area (Å²) in [7, 11) is 6.24. The predicted octanol–water partition coefficient (Wildman–Crippen LogP) is 5.50. The van der Waals surface area contributed by atoms with Crippen molar-refractivity contribution in [1.29, 1.82) is 0 Å². The van der Waals surface area contributed by atoms with Gasteiger partial charge in [0.1, 0.15) is 36.4 Å². The number of methoxy groups -OCH3 is 4. The number of esters is 1. The lowest BCUT2D eigenvalue weighted by Crippen LogP contribution is -2.71. The van der Waals surface area contributed by atoms with Gasteiger partial charge in [-0.05, 0) is 45.8 Å². The number of carboxylic acid groups (broad SMARTS) is 1. The maximum Gasteiger partial charge on any atom is 0.328 e. The first-order valence-electron chi connectivity index (χ1n) is 30.0. The fraction of sp³-hybridized carbons (Fsp3) is 0.646. The van der Waals surface area contributed by atoms with Crippen LogP contribution in [0.4, 0.5) is 0 Å². The van der Waals surface area contributed by atoms with E-state index in [4.69, 9.17) is 66.7 Å². The highest BCUT2D eigenvalue weighted by Gasteiger charge is 2.63. The molecule has 5 fully saturated rings. The first-order valence-corrected chi connectivity index (χ1v) is 30.0. The minimum atomic E-state index is -2.71. The number of carbonyl (C=O) groups is 3. The number of hydrogen-bond donors (Lipinski definition) is 6. The second-order valence-corrected chi connectivity index (χ2v) is 23.5. The fourth-order valence-corrected chi connectivity index (χ4v) is 11.8. The molecule has 87 heavy (non-hydrogen) atoms. The van der Waals surface area contributed by atoms with Crippen molar-refractivity contribution >= 4 is 17.8 Å². The molecule has 1 aromatic rings. The highest BCUT2D eigenvalue weighted by Crippen LogP contribution is 2.46. The Kier molecular flexibility index (Phi) is 27.7. The molecule has 0 aromatic heterocycles. The van der Waals surface area contributed by atoms with Crippen molar-refractivity contribution in [1.82, 2.24) is 5.32 Å². The Morgan fingerprint density at radius 2 is 1.36 bits per heavy atom. The molecule has 6 N–H and O–H groups in total. The van der Waals surface area contributed by atoms with E-state index in [1.165, 1.54) is 20.3 Å². The molecule has 5 aliphatic rings. The van der Waals surface area contributed by atoms with Crippen LogP contribution < -0.4 is 5.32 Å². The van der Waals surface area contributed by atoms with Crippen LogP contribution in [0.3, 0.4) is 0 Å². The number of hydrogen-bond acceptors (Lipinski definition) is 20. The molecule has 0 radical (unpaired) electrons. The monoisotopic (exact) mass is 1230 g/mol. The van der Waals surface area contributed by atoms with Crippen LogP contribution in [0.1, 0.15) is 86.6 Å². The van der Waals surface area contributed by atoms with E-state index < -0.39 is 152 Å². The second-order valence-electron chi connectivity index (χ2n) is 23.5. The molecule has 0 unspecified atom stereocenters. The van der Waals surface area contributed by atoms with Crippen molar-refractivity contribution in [3.63, 3.8) is 0 Å². The average molecular weight is 1230 g/mol. The van der Waals surface area contributed by atoms with E-state index in [1.54, 1.807) is 133 Å². The van der Waals surface area contributed by atoms with Crippen LogP contribution in [-0.2, 0) is 82.4 Å². The lowest BCUT2D eigenvalue weighted by Gasteiger charge is -2.54. The number of carbonyl (C=O) groups excluding carboxylic acids is 2. The van der Waals surface area contributed by atoms with E-state index in [2.05, 4.69) is 5.32 Å². The van der Waals surface area contributed by atoms with Crippen LogP contribution in [0, 0.1) is 17.3 Å². The Morgan fingerprint density at radius 1 is 0.759 bits per heavy atom. The van der Waals surface area contributed by atoms with Crippen LogP contribution in [0.15, 0.2) is 115 Å². The van der Waals surface area contributed by atoms with Crippen molar-refractivity contribution < 1.29 is 101 Å². The fourth-order valence-electron chi connectivity index (χ4n) is 11.8. The van der Waals surface area contributed by atoms with Crippen molar-refractivity contribution in [3.8, 4) is 0 Å². The van der Waals surface area contributed by atoms with Gasteiger partial charge in [-0.15, -0.1) is 0 Å². The third kappa shape index (κ3) is 19.1. The van der Waals surface area contributed by atoms with E-state index in [1.807, 2.05) is 33.8 Å². The number of aliphatic carboxylic acids is 1. The summed E-state index contributed by atoms with van der Waals surface area (Å²) in [6.45, 7) is 13.9. The summed E-state index contributed by atoms with van der Waals surface area (Å²) in [6, 6.07) is 8.84. The maximum absolute atomic E-state index is 14.9. The highest BCUT2D eigenvalue weighted by molar-refractivity contribution is 5.81. The number of allylic oxidation sites excluding steroid dienone is 9. The number of rotatable bonds is 28. The standard InChI is InChI=1S/C65H95NO21/c1-13-14-18-29-51-64(7,8)61(72)62(84-53(70)32-43-26-19-17-20-27-43)65(74,87-51)44(63(73)66-31-24-23-25-38(2)58(78-12)39(3)47-33-45(67)46(83-47)28-21-15-16-22-30-52(68)69)37-79-54-35-49(76-10)59(41(5)81-54)86-56-36-50(77-11)60(42(6)82-56)85-55-34-48(75-9)57(71)40(4)80-55/h13-30,39-42,44-51,54-62,67,71-72,74H,31-37H2,1-12H3,(H,66,73)(H,68,69)/b14-13-,16-15+,24-23+,28-21+,29-18+,30-22+,38-25+/t39-,40-,41-,42-,44-,45-,46-,47+,48-,49-,50+,51-,54+,55-,56+,57+,58+,59+,60-,61-,62+,65+/m0/s1. The topological polar surface area (TPSA) is 284 Å². The zero-order chi connectivity index (χ0) is 63.6. The van der Waals surface area contributed by atoms with Gasteiger partial charge in [0.2, 0.25) is 11.7 Å². The molecule has 1 amide bonds. The normalized spacial score (nSPS) is 36.3. The smallest absolute Gasteiger partial charge is 0.328 e. The van der Waals surface area contributed by atoms with Gasteiger partial charge < -0.3 is 92.4 Å². The Labute approximate surface area is 512 Å². The molecule has 1 aromatic carbocycles. The van der Waals surface area contributed by atoms with Gasteiger partial charge in [0.15, 0.2) is 25.0 Å². The van der Waals surface area contributed by atoms with E-state index in [0.29, 0.717) is 18.4 Å². The SMILES string of the molecule is C/C=C\C=C\[C@@H]1O[C@](O)([C@@H](CO[C@H]2C[C@H](OC)[C@H](O[C@@H]3C[C@@H](OC)[C@@H](O[C@H]4C[C@H](OC)[C@H](O)[C@H](C)O4)[C@H](C)O3)[C@H](C)O2)C(=O)NC/C=C/C=C(\C)[C@@H](OC)[C@@H](C)[C@H]2C[C@H](O)[C@H](/C=C/C=C/C=C/C(=O)O)O2)[C@H](OC(=O)Cc2ccccc2)[C@H](O)C1(C)C. The summed E-state index contributed by atoms with van der Waals surface area (Å²) in [4.78, 5) is 39.5. The Balaban J connectivity index is 1.19. The molecule has 22 atom stereocenters. The average Bonchev–Trinajstić information content (AvgIpc) is 1.73. The van der Waals surface area contributed by atoms with Crippen LogP contribution in [0.5, 0.6) is 0 Å². The summed E-state index contributed by atoms with van der Waals surface area (Å²) >= 11 is 0. The van der Waals surface area contributed by atoms with Gasteiger partial charge in [-0.2, -0.15) is 0 Å². The Hall–Kier alpha value is -4.83. The molecule has 22 heteroatoms. The molecule has 486 valence electrons. The van der Waals surface area contributed by atoms with Crippen LogP contribution >= 0.6 is 0 Å². The van der Waals surface area contributed by atoms with E-state index in [9.17, 15) is 34.8 Å². The first-order chi connectivity index (χ1) is 41.5. The highest BCUT2D eigenvalue weighted by atomic mass is 16.7. The van der Waals surface area contributed by atoms with Gasteiger partial charge in [-0.1, -0.05) is 124 Å². The molecule has 22 nitrogen and oxygen atoms in total. The van der Waals surface area contributed by atoms with Gasteiger partial charge in [0, 0.05) is 78.1 Å². The Bertz CT molecular complexity index is 2530.